The maximum absolute atomic E-state index is 12.7. The van der Waals surface area contributed by atoms with Crippen LogP contribution in [-0.2, 0) is 20.4 Å². The normalized spacial score (nSPS) is 21.5. The van der Waals surface area contributed by atoms with Gasteiger partial charge in [-0.25, -0.2) is 29.9 Å². The van der Waals surface area contributed by atoms with Gasteiger partial charge in [-0.15, -0.1) is 22.7 Å². The first-order valence-electron chi connectivity index (χ1n) is 33.8. The largest absolute Gasteiger partial charge is 0.488 e. The topological polar surface area (TPSA) is 251 Å². The number of hydrogen-bond acceptors (Lipinski definition) is 23. The van der Waals surface area contributed by atoms with Crippen LogP contribution in [0, 0.1) is 13.8 Å². The molecule has 6 aromatic heterocycles. The van der Waals surface area contributed by atoms with Crippen molar-refractivity contribution in [2.45, 2.75) is 134 Å². The number of amides is 2. The van der Waals surface area contributed by atoms with E-state index in [0.717, 1.165) is 233 Å². The van der Waals surface area contributed by atoms with Crippen molar-refractivity contribution < 1.29 is 51.2 Å². The van der Waals surface area contributed by atoms with Gasteiger partial charge in [-0.2, -0.15) is 13.2 Å². The molecule has 98 heavy (non-hydrogen) atoms. The zero-order chi connectivity index (χ0) is 67.4. The quantitative estimate of drug-likeness (QED) is 0.0862. The minimum Gasteiger partial charge on any atom is -0.488 e. The number of aromatic nitrogens is 9. The second-order valence-corrected chi connectivity index (χ2v) is 27.4. The molecule has 9 aromatic rings. The molecule has 3 aromatic carbocycles. The summed E-state index contributed by atoms with van der Waals surface area (Å²) in [6.45, 7) is 13.2. The van der Waals surface area contributed by atoms with Crippen LogP contribution in [0.5, 0.6) is 17.2 Å². The Hall–Kier alpha value is -8.70. The van der Waals surface area contributed by atoms with E-state index in [2.05, 4.69) is 99.8 Å². The van der Waals surface area contributed by atoms with Crippen LogP contribution in [0.1, 0.15) is 113 Å². The lowest BCUT2D eigenvalue weighted by Gasteiger charge is -2.31. The van der Waals surface area contributed by atoms with Crippen molar-refractivity contribution in [3.63, 3.8) is 0 Å². The molecule has 516 valence electrons. The lowest BCUT2D eigenvalue weighted by atomic mass is 9.93. The third-order valence-electron chi connectivity index (χ3n) is 18.3. The van der Waals surface area contributed by atoms with E-state index in [-0.39, 0.29) is 48.3 Å². The molecule has 0 radical (unpaired) electrons. The number of halogens is 3. The zero-order valence-corrected chi connectivity index (χ0v) is 56.5. The fourth-order valence-corrected chi connectivity index (χ4v) is 14.5. The lowest BCUT2D eigenvalue weighted by molar-refractivity contribution is -0.137. The Labute approximate surface area is 573 Å². The molecule has 0 bridgehead atoms. The summed E-state index contributed by atoms with van der Waals surface area (Å²) in [6, 6.07) is 15.3. The standard InChI is InChI=1S/C24H26F3N5O2.2C23H27N5O3S/c25-24(26,27)16-1-6-22(30-15-16)31-17-2-4-19(5-3-17)34-21-14-18(32-9-11-33-12-10-32)13-20-23(21)29-8-7-28-20;1-15-14-32-23(26-15)22(29)27-16-2-4-18(5-3-16)31-20-13-17(28-8-10-30-11-9-28)12-19-21(20)25-7-6-24-19;1-15-14-26-23(32-15)22(29)27-16-2-4-18(5-3-16)31-20-13-17(28-8-10-30-11-9-28)12-19-21(20)25-7-6-24-19/h1,6-8,13-15,17,19H,2-5,9-12H2,(H,30,31);2*6-7,12-14,16,18H,2-5,8-11H2,1H3,(H,27,29). The summed E-state index contributed by atoms with van der Waals surface area (Å²) >= 11 is 2.82. The van der Waals surface area contributed by atoms with Crippen molar-refractivity contribution in [2.75, 3.05) is 98.9 Å². The number of fused-ring (bicyclic) bond motifs is 3. The molecule has 0 unspecified atom stereocenters. The van der Waals surface area contributed by atoms with Gasteiger partial charge in [0.1, 0.15) is 39.6 Å². The number of carbonyl (C=O) groups excluding carboxylic acids is 2. The molecule has 3 aliphatic heterocycles. The highest BCUT2D eigenvalue weighted by molar-refractivity contribution is 7.13. The highest BCUT2D eigenvalue weighted by Crippen LogP contribution is 2.38. The smallest absolute Gasteiger partial charge is 0.417 e. The molecule has 0 atom stereocenters. The van der Waals surface area contributed by atoms with Crippen LogP contribution in [-0.4, -0.2) is 172 Å². The molecular formula is C70H80F3N15O8S2. The van der Waals surface area contributed by atoms with Gasteiger partial charge in [-0.3, -0.25) is 24.5 Å². The minimum absolute atomic E-state index is 0.0313. The Morgan fingerprint density at radius 1 is 0.490 bits per heavy atom. The highest BCUT2D eigenvalue weighted by atomic mass is 32.1. The van der Waals surface area contributed by atoms with E-state index in [1.807, 2.05) is 31.4 Å². The average molecular weight is 1380 g/mol. The van der Waals surface area contributed by atoms with Gasteiger partial charge in [0.25, 0.3) is 11.8 Å². The van der Waals surface area contributed by atoms with Crippen LogP contribution in [0.15, 0.2) is 103 Å². The Morgan fingerprint density at radius 2 is 0.888 bits per heavy atom. The first kappa shape index (κ1) is 67.9. The van der Waals surface area contributed by atoms with Gasteiger partial charge in [0, 0.05) is 158 Å². The van der Waals surface area contributed by atoms with E-state index in [9.17, 15) is 22.8 Å². The second-order valence-electron chi connectivity index (χ2n) is 25.3. The van der Waals surface area contributed by atoms with Gasteiger partial charge < -0.3 is 59.1 Å². The van der Waals surface area contributed by atoms with Crippen LogP contribution in [0.3, 0.4) is 0 Å². The Bertz CT molecular complexity index is 3960. The molecule has 3 saturated carbocycles. The third-order valence-corrected chi connectivity index (χ3v) is 20.2. The number of thiazole rings is 2. The number of carbonyl (C=O) groups is 2. The summed E-state index contributed by atoms with van der Waals surface area (Å²) in [7, 11) is 0. The molecule has 3 N–H and O–H groups in total. The van der Waals surface area contributed by atoms with Crippen molar-refractivity contribution in [1.82, 2.24) is 55.5 Å². The number of anilines is 4. The number of ether oxygens (including phenoxy) is 6. The van der Waals surface area contributed by atoms with E-state index >= 15 is 0 Å². The summed E-state index contributed by atoms with van der Waals surface area (Å²) in [4.78, 5) is 72.2. The van der Waals surface area contributed by atoms with E-state index < -0.39 is 11.7 Å². The molecule has 9 heterocycles. The van der Waals surface area contributed by atoms with E-state index in [4.69, 9.17) is 28.4 Å². The Morgan fingerprint density at radius 3 is 1.24 bits per heavy atom. The minimum atomic E-state index is -4.38. The van der Waals surface area contributed by atoms with Crippen molar-refractivity contribution >= 4 is 90.5 Å². The maximum Gasteiger partial charge on any atom is 0.417 e. The van der Waals surface area contributed by atoms with Crippen LogP contribution >= 0.6 is 22.7 Å². The first-order valence-corrected chi connectivity index (χ1v) is 35.4. The molecular weight excluding hydrogens is 1300 g/mol. The summed E-state index contributed by atoms with van der Waals surface area (Å²) in [5, 5.41) is 12.5. The predicted octanol–water partition coefficient (Wildman–Crippen LogP) is 11.4. The van der Waals surface area contributed by atoms with E-state index in [0.29, 0.717) is 29.0 Å². The zero-order valence-electron chi connectivity index (χ0n) is 54.8. The number of rotatable bonds is 15. The van der Waals surface area contributed by atoms with Crippen molar-refractivity contribution in [3.8, 4) is 17.2 Å². The van der Waals surface area contributed by atoms with Gasteiger partial charge in [0.2, 0.25) is 0 Å². The molecule has 6 fully saturated rings. The van der Waals surface area contributed by atoms with Gasteiger partial charge in [0.15, 0.2) is 10.0 Å². The number of nitrogens with zero attached hydrogens (tertiary/aromatic N) is 12. The summed E-state index contributed by atoms with van der Waals surface area (Å²) in [6.07, 6.45) is 19.0. The van der Waals surface area contributed by atoms with E-state index in [1.54, 1.807) is 43.4 Å². The number of hydrogen-bond donors (Lipinski definition) is 3. The van der Waals surface area contributed by atoms with Crippen molar-refractivity contribution in [3.05, 3.63) is 130 Å². The van der Waals surface area contributed by atoms with Gasteiger partial charge in [-0.1, -0.05) is 0 Å². The number of pyridine rings is 1. The van der Waals surface area contributed by atoms with E-state index in [1.165, 1.54) is 28.7 Å². The number of morpholine rings is 3. The highest BCUT2D eigenvalue weighted by Gasteiger charge is 2.33. The SMILES string of the molecule is Cc1cnc(C(=O)NC2CCC(Oc3cc(N4CCOCC4)cc4nccnc34)CC2)s1.Cc1csc(C(=O)NC2CCC(Oc3cc(N4CCOCC4)cc4nccnc34)CC2)n1.FC(F)(F)c1ccc(NC2CCC(Oc3cc(N4CCOCC4)cc4nccnc34)CC2)nc1. The Balaban J connectivity index is 0.000000132. The lowest BCUT2D eigenvalue weighted by Crippen LogP contribution is -2.39. The fourth-order valence-electron chi connectivity index (χ4n) is 13.1. The molecule has 6 aliphatic rings. The number of benzene rings is 3. The number of alkyl halides is 3. The van der Waals surface area contributed by atoms with Crippen LogP contribution < -0.4 is 44.9 Å². The molecule has 3 saturated heterocycles. The molecule has 2 amide bonds. The van der Waals surface area contributed by atoms with Crippen LogP contribution in [0.2, 0.25) is 0 Å². The molecule has 28 heteroatoms. The molecule has 0 spiro atoms. The molecule has 15 rings (SSSR count). The fraction of sp³-hybridized carbons (Fsp3) is 0.471. The average Bonchev–Trinajstić information content (AvgIpc) is 0.920. The molecule has 3 aliphatic carbocycles. The first-order chi connectivity index (χ1) is 47.8. The molecule has 23 nitrogen and oxygen atoms in total. The summed E-state index contributed by atoms with van der Waals surface area (Å²) in [5.74, 6) is 2.59. The van der Waals surface area contributed by atoms with Crippen molar-refractivity contribution in [2.24, 2.45) is 0 Å². The second kappa shape index (κ2) is 31.9. The predicted molar refractivity (Wildman–Crippen MR) is 369 cm³/mol. The van der Waals surface area contributed by atoms with Crippen LogP contribution in [0.25, 0.3) is 33.1 Å². The Kier molecular flexibility index (Phi) is 22.1. The monoisotopic (exact) mass is 1380 g/mol. The number of aryl methyl sites for hydroxylation is 2. The van der Waals surface area contributed by atoms with Crippen molar-refractivity contribution in [1.29, 1.82) is 0 Å². The maximum atomic E-state index is 12.7. The van der Waals surface area contributed by atoms with Crippen LogP contribution in [0.4, 0.5) is 36.1 Å². The number of nitrogens with one attached hydrogen (secondary N) is 3. The van der Waals surface area contributed by atoms with Gasteiger partial charge in [-0.05, 0) is 121 Å². The summed E-state index contributed by atoms with van der Waals surface area (Å²) in [5.41, 5.74) is 8.17. The summed E-state index contributed by atoms with van der Waals surface area (Å²) < 4.78 is 74.0. The van der Waals surface area contributed by atoms with Gasteiger partial charge >= 0.3 is 6.18 Å². The third kappa shape index (κ3) is 17.6. The van der Waals surface area contributed by atoms with Gasteiger partial charge in [0.05, 0.1) is 80.1 Å².